The number of nitrogens with zero attached hydrogens (tertiary/aromatic N) is 1. The molecule has 4 heteroatoms. The number of aliphatic hydroxyl groups is 1. The maximum Gasteiger partial charge on any atom is 0.145 e. The quantitative estimate of drug-likeness (QED) is 0.914. The minimum Gasteiger partial charge on any atom is -0.456 e. The lowest BCUT2D eigenvalue weighted by Crippen LogP contribution is -1.93. The van der Waals surface area contributed by atoms with E-state index in [1.807, 2.05) is 19.1 Å². The Hall–Kier alpha value is -1.58. The molecule has 0 spiro atoms. The second-order valence-electron chi connectivity index (χ2n) is 4.10. The fourth-order valence-corrected chi connectivity index (χ4v) is 1.89. The summed E-state index contributed by atoms with van der Waals surface area (Å²) in [5.41, 5.74) is 1.62. The number of ether oxygens (including phenoxy) is 1. The van der Waals surface area contributed by atoms with Crippen molar-refractivity contribution in [2.75, 3.05) is 0 Å². The molecule has 1 atom stereocenters. The van der Waals surface area contributed by atoms with Crippen LogP contribution in [-0.2, 0) is 0 Å². The van der Waals surface area contributed by atoms with E-state index in [1.54, 1.807) is 31.3 Å². The molecule has 0 aliphatic heterocycles. The fraction of sp³-hybridized carbons (Fsp3) is 0.214. The third-order valence-corrected chi connectivity index (χ3v) is 2.87. The average molecular weight is 264 g/mol. The SMILES string of the molecule is Cc1ccc(Oc2ccc(C(C)O)c(Cl)c2)cn1. The Labute approximate surface area is 111 Å². The van der Waals surface area contributed by atoms with Crippen LogP contribution in [0.15, 0.2) is 36.5 Å². The first-order chi connectivity index (χ1) is 8.56. The van der Waals surface area contributed by atoms with E-state index in [1.165, 1.54) is 0 Å². The van der Waals surface area contributed by atoms with Gasteiger partial charge < -0.3 is 9.84 Å². The number of halogens is 1. The zero-order valence-corrected chi connectivity index (χ0v) is 11.0. The molecule has 1 aromatic carbocycles. The third-order valence-electron chi connectivity index (χ3n) is 2.54. The van der Waals surface area contributed by atoms with E-state index in [9.17, 15) is 5.11 Å². The molecule has 0 saturated carbocycles. The molecular formula is C14H14ClNO2. The minimum atomic E-state index is -0.590. The van der Waals surface area contributed by atoms with Gasteiger partial charge in [0.25, 0.3) is 0 Å². The summed E-state index contributed by atoms with van der Waals surface area (Å²) in [5.74, 6) is 1.27. The van der Waals surface area contributed by atoms with E-state index in [0.717, 1.165) is 5.69 Å². The highest BCUT2D eigenvalue weighted by atomic mass is 35.5. The summed E-state index contributed by atoms with van der Waals surface area (Å²) in [6.07, 6.45) is 1.07. The van der Waals surface area contributed by atoms with Crippen molar-refractivity contribution in [2.24, 2.45) is 0 Å². The van der Waals surface area contributed by atoms with Crippen LogP contribution < -0.4 is 4.74 Å². The molecule has 0 saturated heterocycles. The largest absolute Gasteiger partial charge is 0.456 e. The number of aromatic nitrogens is 1. The summed E-state index contributed by atoms with van der Waals surface area (Å²) in [5, 5.41) is 9.97. The first kappa shape index (κ1) is 12.9. The van der Waals surface area contributed by atoms with Gasteiger partial charge >= 0.3 is 0 Å². The molecule has 0 amide bonds. The van der Waals surface area contributed by atoms with Crippen LogP contribution in [0, 0.1) is 6.92 Å². The van der Waals surface area contributed by atoms with Gasteiger partial charge in [0.15, 0.2) is 0 Å². The number of rotatable bonds is 3. The van der Waals surface area contributed by atoms with E-state index in [-0.39, 0.29) is 0 Å². The van der Waals surface area contributed by atoms with E-state index in [2.05, 4.69) is 4.98 Å². The van der Waals surface area contributed by atoms with Gasteiger partial charge in [-0.25, -0.2) is 0 Å². The smallest absolute Gasteiger partial charge is 0.145 e. The Bertz CT molecular complexity index is 538. The van der Waals surface area contributed by atoms with E-state index >= 15 is 0 Å². The highest BCUT2D eigenvalue weighted by molar-refractivity contribution is 6.31. The van der Waals surface area contributed by atoms with Crippen molar-refractivity contribution in [3.05, 3.63) is 52.8 Å². The van der Waals surface area contributed by atoms with Gasteiger partial charge in [0.05, 0.1) is 17.3 Å². The number of benzene rings is 1. The van der Waals surface area contributed by atoms with Crippen LogP contribution in [0.1, 0.15) is 24.3 Å². The molecule has 0 radical (unpaired) electrons. The Morgan fingerprint density at radius 3 is 2.50 bits per heavy atom. The number of aliphatic hydroxyl groups excluding tert-OH is 1. The van der Waals surface area contributed by atoms with E-state index in [4.69, 9.17) is 16.3 Å². The number of aryl methyl sites for hydroxylation is 1. The van der Waals surface area contributed by atoms with Gasteiger partial charge in [0.2, 0.25) is 0 Å². The predicted octanol–water partition coefficient (Wildman–Crippen LogP) is 3.89. The van der Waals surface area contributed by atoms with Gasteiger partial charge in [-0.1, -0.05) is 17.7 Å². The molecule has 2 aromatic rings. The average Bonchev–Trinajstić information content (AvgIpc) is 2.32. The van der Waals surface area contributed by atoms with Crippen LogP contribution >= 0.6 is 11.6 Å². The topological polar surface area (TPSA) is 42.4 Å². The van der Waals surface area contributed by atoms with Crippen molar-refractivity contribution in [1.82, 2.24) is 4.98 Å². The maximum absolute atomic E-state index is 9.48. The van der Waals surface area contributed by atoms with Crippen molar-refractivity contribution in [3.8, 4) is 11.5 Å². The predicted molar refractivity (Wildman–Crippen MR) is 71.1 cm³/mol. The monoisotopic (exact) mass is 263 g/mol. The van der Waals surface area contributed by atoms with Crippen LogP contribution in [0.3, 0.4) is 0 Å². The highest BCUT2D eigenvalue weighted by Gasteiger charge is 2.08. The van der Waals surface area contributed by atoms with Gasteiger partial charge in [-0.3, -0.25) is 4.98 Å². The first-order valence-corrected chi connectivity index (χ1v) is 6.02. The zero-order valence-electron chi connectivity index (χ0n) is 10.2. The number of hydrogen-bond donors (Lipinski definition) is 1. The molecular weight excluding hydrogens is 250 g/mol. The van der Waals surface area contributed by atoms with Crippen LogP contribution in [0.25, 0.3) is 0 Å². The Kier molecular flexibility index (Phi) is 3.84. The summed E-state index contributed by atoms with van der Waals surface area (Å²) in [4.78, 5) is 4.15. The molecule has 0 fully saturated rings. The minimum absolute atomic E-state index is 0.488. The molecule has 2 rings (SSSR count). The maximum atomic E-state index is 9.48. The lowest BCUT2D eigenvalue weighted by atomic mass is 10.1. The molecule has 0 aliphatic carbocycles. The molecule has 1 aromatic heterocycles. The summed E-state index contributed by atoms with van der Waals surface area (Å²) < 4.78 is 5.62. The molecule has 18 heavy (non-hydrogen) atoms. The Balaban J connectivity index is 2.20. The van der Waals surface area contributed by atoms with Crippen molar-refractivity contribution in [3.63, 3.8) is 0 Å². The molecule has 0 aliphatic rings. The van der Waals surface area contributed by atoms with Crippen molar-refractivity contribution in [2.45, 2.75) is 20.0 Å². The van der Waals surface area contributed by atoms with Crippen LogP contribution in [0.2, 0.25) is 5.02 Å². The molecule has 1 heterocycles. The fourth-order valence-electron chi connectivity index (χ4n) is 1.56. The van der Waals surface area contributed by atoms with Crippen molar-refractivity contribution in [1.29, 1.82) is 0 Å². The van der Waals surface area contributed by atoms with Gasteiger partial charge in [0.1, 0.15) is 11.5 Å². The molecule has 1 N–H and O–H groups in total. The summed E-state index contributed by atoms with van der Waals surface area (Å²) in [6.45, 7) is 3.59. The van der Waals surface area contributed by atoms with Gasteiger partial charge in [-0.2, -0.15) is 0 Å². The van der Waals surface area contributed by atoms with Crippen molar-refractivity contribution >= 4 is 11.6 Å². The van der Waals surface area contributed by atoms with Gasteiger partial charge in [-0.15, -0.1) is 0 Å². The van der Waals surface area contributed by atoms with E-state index in [0.29, 0.717) is 22.1 Å². The molecule has 3 nitrogen and oxygen atoms in total. The van der Waals surface area contributed by atoms with Crippen LogP contribution in [-0.4, -0.2) is 10.1 Å². The Morgan fingerprint density at radius 2 is 1.94 bits per heavy atom. The van der Waals surface area contributed by atoms with E-state index < -0.39 is 6.10 Å². The number of pyridine rings is 1. The first-order valence-electron chi connectivity index (χ1n) is 5.64. The van der Waals surface area contributed by atoms with Crippen LogP contribution in [0.4, 0.5) is 0 Å². The lowest BCUT2D eigenvalue weighted by molar-refractivity contribution is 0.199. The third kappa shape index (κ3) is 3.00. The van der Waals surface area contributed by atoms with Crippen LogP contribution in [0.5, 0.6) is 11.5 Å². The lowest BCUT2D eigenvalue weighted by Gasteiger charge is -2.10. The Morgan fingerprint density at radius 1 is 1.22 bits per heavy atom. The summed E-state index contributed by atoms with van der Waals surface area (Å²) in [7, 11) is 0. The highest BCUT2D eigenvalue weighted by Crippen LogP contribution is 2.29. The normalized spacial score (nSPS) is 12.2. The molecule has 1 unspecified atom stereocenters. The molecule has 94 valence electrons. The van der Waals surface area contributed by atoms with Gasteiger partial charge in [-0.05, 0) is 43.7 Å². The molecule has 0 bridgehead atoms. The second kappa shape index (κ2) is 5.38. The zero-order chi connectivity index (χ0) is 13.1. The number of hydrogen-bond acceptors (Lipinski definition) is 3. The van der Waals surface area contributed by atoms with Crippen molar-refractivity contribution < 1.29 is 9.84 Å². The second-order valence-corrected chi connectivity index (χ2v) is 4.50. The summed E-state index contributed by atoms with van der Waals surface area (Å²) >= 11 is 6.06. The summed E-state index contributed by atoms with van der Waals surface area (Å²) in [6, 6.07) is 8.93. The standard InChI is InChI=1S/C14H14ClNO2/c1-9-3-4-12(8-16-9)18-11-5-6-13(10(2)17)14(15)7-11/h3-8,10,17H,1-2H3. The van der Waals surface area contributed by atoms with Gasteiger partial charge in [0, 0.05) is 5.69 Å².